The Morgan fingerprint density at radius 2 is 1.97 bits per heavy atom. The zero-order valence-electron chi connectivity index (χ0n) is 16.6. The smallest absolute Gasteiger partial charge is 0.312 e. The van der Waals surface area contributed by atoms with E-state index in [1.54, 1.807) is 18.8 Å². The summed E-state index contributed by atoms with van der Waals surface area (Å²) in [5.41, 5.74) is 1.12. The molecule has 1 aromatic carbocycles. The number of benzene rings is 1. The SMILES string of the molecule is O=C(c1ccc(-c2ccco2)cc1)N1CCC2(CC1)CC(Cn1ccnc1)OC2=O. The van der Waals surface area contributed by atoms with Crippen LogP contribution in [-0.4, -0.2) is 45.5 Å². The van der Waals surface area contributed by atoms with Crippen molar-refractivity contribution in [2.75, 3.05) is 13.1 Å². The number of ether oxygens (including phenoxy) is 1. The van der Waals surface area contributed by atoms with E-state index >= 15 is 0 Å². The minimum Gasteiger partial charge on any atom is -0.464 e. The van der Waals surface area contributed by atoms with Gasteiger partial charge < -0.3 is 18.6 Å². The Morgan fingerprint density at radius 1 is 1.17 bits per heavy atom. The van der Waals surface area contributed by atoms with Crippen LogP contribution in [0.3, 0.4) is 0 Å². The van der Waals surface area contributed by atoms with E-state index in [9.17, 15) is 9.59 Å². The Kier molecular flexibility index (Phi) is 4.65. The highest BCUT2D eigenvalue weighted by atomic mass is 16.6. The van der Waals surface area contributed by atoms with Gasteiger partial charge in [-0.05, 0) is 37.1 Å². The molecule has 0 bridgehead atoms. The van der Waals surface area contributed by atoms with Crippen molar-refractivity contribution in [2.24, 2.45) is 5.41 Å². The second kappa shape index (κ2) is 7.48. The van der Waals surface area contributed by atoms with Crippen LogP contribution in [0.15, 0.2) is 65.8 Å². The molecule has 1 atom stereocenters. The molecule has 2 fully saturated rings. The number of hydrogen-bond acceptors (Lipinski definition) is 5. The van der Waals surface area contributed by atoms with Crippen molar-refractivity contribution in [1.29, 1.82) is 0 Å². The number of rotatable bonds is 4. The van der Waals surface area contributed by atoms with Gasteiger partial charge in [0, 0.05) is 43.0 Å². The Morgan fingerprint density at radius 3 is 2.63 bits per heavy atom. The van der Waals surface area contributed by atoms with Gasteiger partial charge in [0.05, 0.1) is 24.6 Å². The molecule has 4 heterocycles. The Labute approximate surface area is 174 Å². The lowest BCUT2D eigenvalue weighted by molar-refractivity contribution is -0.150. The summed E-state index contributed by atoms with van der Waals surface area (Å²) in [7, 11) is 0. The molecule has 1 unspecified atom stereocenters. The molecule has 154 valence electrons. The molecule has 0 aliphatic carbocycles. The van der Waals surface area contributed by atoms with Crippen molar-refractivity contribution in [3.8, 4) is 11.3 Å². The molecule has 1 amide bonds. The number of carbonyl (C=O) groups excluding carboxylic acids is 2. The van der Waals surface area contributed by atoms with Gasteiger partial charge >= 0.3 is 5.97 Å². The van der Waals surface area contributed by atoms with E-state index in [1.165, 1.54) is 0 Å². The second-order valence-corrected chi connectivity index (χ2v) is 8.12. The number of cyclic esters (lactones) is 1. The van der Waals surface area contributed by atoms with Crippen molar-refractivity contribution in [2.45, 2.75) is 31.9 Å². The van der Waals surface area contributed by atoms with Crippen LogP contribution in [0.4, 0.5) is 0 Å². The molecule has 2 aliphatic rings. The van der Waals surface area contributed by atoms with Crippen molar-refractivity contribution in [1.82, 2.24) is 14.5 Å². The molecule has 5 rings (SSSR count). The number of carbonyl (C=O) groups is 2. The molecule has 2 aromatic heterocycles. The van der Waals surface area contributed by atoms with Crippen LogP contribution in [0.2, 0.25) is 0 Å². The molecule has 0 saturated carbocycles. The summed E-state index contributed by atoms with van der Waals surface area (Å²) < 4.78 is 13.0. The fourth-order valence-corrected chi connectivity index (χ4v) is 4.52. The van der Waals surface area contributed by atoms with Gasteiger partial charge in [-0.2, -0.15) is 0 Å². The first-order valence-corrected chi connectivity index (χ1v) is 10.2. The fourth-order valence-electron chi connectivity index (χ4n) is 4.52. The third-order valence-corrected chi connectivity index (χ3v) is 6.24. The van der Waals surface area contributed by atoms with Gasteiger partial charge in [-0.25, -0.2) is 4.98 Å². The van der Waals surface area contributed by atoms with Crippen LogP contribution >= 0.6 is 0 Å². The van der Waals surface area contributed by atoms with E-state index in [0.717, 1.165) is 11.3 Å². The molecule has 0 radical (unpaired) electrons. The minimum absolute atomic E-state index is 0.00262. The van der Waals surface area contributed by atoms with Gasteiger partial charge in [0.15, 0.2) is 0 Å². The number of amides is 1. The standard InChI is InChI=1S/C23H23N3O4/c27-21(18-5-3-17(4-6-18)20-2-1-13-29-20)26-10-7-23(8-11-26)14-19(30-22(23)28)15-25-12-9-24-16-25/h1-6,9,12-13,16,19H,7-8,10-11,14-15H2. The molecule has 0 N–H and O–H groups in total. The van der Waals surface area contributed by atoms with Crippen molar-refractivity contribution < 1.29 is 18.7 Å². The van der Waals surface area contributed by atoms with Crippen molar-refractivity contribution in [3.63, 3.8) is 0 Å². The summed E-state index contributed by atoms with van der Waals surface area (Å²) in [5, 5.41) is 0. The van der Waals surface area contributed by atoms with E-state index in [1.807, 2.05) is 52.1 Å². The number of nitrogens with zero attached hydrogens (tertiary/aromatic N) is 3. The van der Waals surface area contributed by atoms with E-state index < -0.39 is 5.41 Å². The average Bonchev–Trinajstić information content (AvgIpc) is 3.52. The van der Waals surface area contributed by atoms with Gasteiger partial charge in [-0.1, -0.05) is 12.1 Å². The Bertz CT molecular complexity index is 1020. The van der Waals surface area contributed by atoms with Crippen molar-refractivity contribution >= 4 is 11.9 Å². The number of piperidine rings is 1. The number of esters is 1. The second-order valence-electron chi connectivity index (χ2n) is 8.12. The minimum atomic E-state index is -0.467. The van der Waals surface area contributed by atoms with Gasteiger partial charge in [-0.3, -0.25) is 9.59 Å². The highest BCUT2D eigenvalue weighted by Gasteiger charge is 2.50. The highest BCUT2D eigenvalue weighted by Crippen LogP contribution is 2.43. The summed E-state index contributed by atoms with van der Waals surface area (Å²) in [6.07, 6.45) is 8.80. The monoisotopic (exact) mass is 405 g/mol. The molecule has 30 heavy (non-hydrogen) atoms. The maximum absolute atomic E-state index is 12.9. The zero-order chi connectivity index (χ0) is 20.6. The summed E-state index contributed by atoms with van der Waals surface area (Å²) in [6, 6.07) is 11.2. The lowest BCUT2D eigenvalue weighted by Crippen LogP contribution is -2.45. The summed E-state index contributed by atoms with van der Waals surface area (Å²) in [5.74, 6) is 0.651. The summed E-state index contributed by atoms with van der Waals surface area (Å²) in [4.78, 5) is 31.4. The molecular formula is C23H23N3O4. The van der Waals surface area contributed by atoms with Gasteiger partial charge in [0.25, 0.3) is 5.91 Å². The molecule has 1 spiro atoms. The van der Waals surface area contributed by atoms with E-state index in [-0.39, 0.29) is 18.0 Å². The maximum Gasteiger partial charge on any atom is 0.312 e. The normalized spacial score (nSPS) is 20.5. The molecular weight excluding hydrogens is 382 g/mol. The highest BCUT2D eigenvalue weighted by molar-refractivity contribution is 5.95. The number of aromatic nitrogens is 2. The topological polar surface area (TPSA) is 77.6 Å². The molecule has 2 aliphatic heterocycles. The Balaban J connectivity index is 1.21. The first-order chi connectivity index (χ1) is 14.6. The number of furan rings is 1. The largest absolute Gasteiger partial charge is 0.464 e. The number of hydrogen-bond donors (Lipinski definition) is 0. The quantitative estimate of drug-likeness (QED) is 0.622. The first-order valence-electron chi connectivity index (χ1n) is 10.2. The van der Waals surface area contributed by atoms with Crippen molar-refractivity contribution in [3.05, 3.63) is 66.9 Å². The van der Waals surface area contributed by atoms with Crippen LogP contribution in [0.25, 0.3) is 11.3 Å². The van der Waals surface area contributed by atoms with Gasteiger partial charge in [0.1, 0.15) is 11.9 Å². The van der Waals surface area contributed by atoms with Crippen LogP contribution < -0.4 is 0 Å². The van der Waals surface area contributed by atoms with Crippen LogP contribution in [0, 0.1) is 5.41 Å². The Hall–Kier alpha value is -3.35. The average molecular weight is 405 g/mol. The third-order valence-electron chi connectivity index (χ3n) is 6.24. The lowest BCUT2D eigenvalue weighted by atomic mass is 9.76. The van der Waals surface area contributed by atoms with E-state index in [0.29, 0.717) is 44.5 Å². The lowest BCUT2D eigenvalue weighted by Gasteiger charge is -2.36. The molecule has 3 aromatic rings. The summed E-state index contributed by atoms with van der Waals surface area (Å²) in [6.45, 7) is 1.75. The predicted molar refractivity (Wildman–Crippen MR) is 108 cm³/mol. The molecule has 2 saturated heterocycles. The van der Waals surface area contributed by atoms with E-state index in [4.69, 9.17) is 9.15 Å². The number of imidazole rings is 1. The van der Waals surface area contributed by atoms with Crippen LogP contribution in [-0.2, 0) is 16.1 Å². The maximum atomic E-state index is 12.9. The zero-order valence-corrected chi connectivity index (χ0v) is 16.6. The first kappa shape index (κ1) is 18.7. The number of likely N-dealkylation sites (tertiary alicyclic amines) is 1. The summed E-state index contributed by atoms with van der Waals surface area (Å²) >= 11 is 0. The molecule has 7 heteroatoms. The molecule has 7 nitrogen and oxygen atoms in total. The van der Waals surface area contributed by atoms with Crippen LogP contribution in [0.5, 0.6) is 0 Å². The van der Waals surface area contributed by atoms with Gasteiger partial charge in [0.2, 0.25) is 0 Å². The third kappa shape index (κ3) is 3.40. The van der Waals surface area contributed by atoms with Crippen LogP contribution in [0.1, 0.15) is 29.6 Å². The predicted octanol–water partition coefficient (Wildman–Crippen LogP) is 3.38. The fraction of sp³-hybridized carbons (Fsp3) is 0.348. The van der Waals surface area contributed by atoms with Gasteiger partial charge in [-0.15, -0.1) is 0 Å². The van der Waals surface area contributed by atoms with E-state index in [2.05, 4.69) is 4.98 Å².